The van der Waals surface area contributed by atoms with Crippen LogP contribution in [0.5, 0.6) is 0 Å². The molecule has 1 aromatic rings. The quantitative estimate of drug-likeness (QED) is 0.901. The van der Waals surface area contributed by atoms with Crippen LogP contribution >= 0.6 is 15.9 Å². The molecule has 0 unspecified atom stereocenters. The van der Waals surface area contributed by atoms with E-state index in [4.69, 9.17) is 0 Å². The molecule has 90 valence electrons. The minimum absolute atomic E-state index is 0.530. The number of aromatic nitrogens is 1. The third-order valence-electron chi connectivity index (χ3n) is 2.43. The van der Waals surface area contributed by atoms with Gasteiger partial charge in [-0.25, -0.2) is 4.98 Å². The van der Waals surface area contributed by atoms with Crippen molar-refractivity contribution in [2.75, 3.05) is 25.0 Å². The van der Waals surface area contributed by atoms with E-state index < -0.39 is 0 Å². The summed E-state index contributed by atoms with van der Waals surface area (Å²) in [7, 11) is 2.06. The molecule has 0 aliphatic carbocycles. The van der Waals surface area contributed by atoms with E-state index >= 15 is 0 Å². The van der Waals surface area contributed by atoms with Crippen LogP contribution in [-0.4, -0.2) is 31.2 Å². The fraction of sp³-hybridized carbons (Fsp3) is 0.583. The van der Waals surface area contributed by atoms with Crippen molar-refractivity contribution in [1.82, 2.24) is 10.3 Å². The number of hydrogen-bond acceptors (Lipinski definition) is 3. The molecule has 0 fully saturated rings. The Labute approximate surface area is 106 Å². The van der Waals surface area contributed by atoms with Crippen LogP contribution in [0.1, 0.15) is 19.4 Å². The Bertz CT molecular complexity index is 339. The van der Waals surface area contributed by atoms with Crippen LogP contribution in [0.15, 0.2) is 16.7 Å². The average molecular weight is 286 g/mol. The number of rotatable bonds is 5. The molecule has 3 nitrogen and oxygen atoms in total. The van der Waals surface area contributed by atoms with Gasteiger partial charge in [0.1, 0.15) is 5.82 Å². The van der Waals surface area contributed by atoms with Crippen LogP contribution in [0.2, 0.25) is 0 Å². The van der Waals surface area contributed by atoms with Gasteiger partial charge in [-0.3, -0.25) is 0 Å². The normalized spacial score (nSPS) is 10.9. The molecule has 0 amide bonds. The first-order valence-electron chi connectivity index (χ1n) is 5.58. The highest BCUT2D eigenvalue weighted by Crippen LogP contribution is 2.25. The van der Waals surface area contributed by atoms with Crippen LogP contribution < -0.4 is 10.2 Å². The number of nitrogens with one attached hydrogen (secondary N) is 1. The molecule has 4 heteroatoms. The van der Waals surface area contributed by atoms with Crippen LogP contribution in [0.4, 0.5) is 5.82 Å². The van der Waals surface area contributed by atoms with Crippen LogP contribution in [0.25, 0.3) is 0 Å². The van der Waals surface area contributed by atoms with Crippen molar-refractivity contribution in [1.29, 1.82) is 0 Å². The second-order valence-corrected chi connectivity index (χ2v) is 5.09. The number of aryl methyl sites for hydroxylation is 1. The zero-order valence-electron chi connectivity index (χ0n) is 10.4. The third-order valence-corrected chi connectivity index (χ3v) is 3.41. The molecule has 0 bridgehead atoms. The SMILES string of the molecule is Cc1ccnc(N(C)CCNC(C)C)c1Br. The van der Waals surface area contributed by atoms with Crippen molar-refractivity contribution in [3.05, 3.63) is 22.3 Å². The number of halogens is 1. The smallest absolute Gasteiger partial charge is 0.142 e. The molecule has 1 heterocycles. The standard InChI is InChI=1S/C12H20BrN3/c1-9(2)14-7-8-16(4)12-11(13)10(3)5-6-15-12/h5-6,9,14H,7-8H2,1-4H3. The zero-order chi connectivity index (χ0) is 12.1. The lowest BCUT2D eigenvalue weighted by Gasteiger charge is -2.21. The molecule has 0 radical (unpaired) electrons. The lowest BCUT2D eigenvalue weighted by atomic mass is 10.3. The van der Waals surface area contributed by atoms with Gasteiger partial charge in [0.25, 0.3) is 0 Å². The van der Waals surface area contributed by atoms with Gasteiger partial charge in [-0.15, -0.1) is 0 Å². The Morgan fingerprint density at radius 2 is 2.19 bits per heavy atom. The summed E-state index contributed by atoms with van der Waals surface area (Å²) in [5.41, 5.74) is 1.22. The van der Waals surface area contributed by atoms with Gasteiger partial charge in [0.05, 0.1) is 4.47 Å². The third kappa shape index (κ3) is 3.76. The minimum atomic E-state index is 0.530. The molecule has 0 spiro atoms. The van der Waals surface area contributed by atoms with Crippen LogP contribution in [0.3, 0.4) is 0 Å². The molecule has 0 saturated heterocycles. The van der Waals surface area contributed by atoms with E-state index in [1.54, 1.807) is 0 Å². The van der Waals surface area contributed by atoms with Crippen LogP contribution in [0, 0.1) is 6.92 Å². The molecule has 0 aliphatic heterocycles. The van der Waals surface area contributed by atoms with E-state index in [1.807, 2.05) is 12.3 Å². The summed E-state index contributed by atoms with van der Waals surface area (Å²) >= 11 is 3.58. The van der Waals surface area contributed by atoms with Gasteiger partial charge in [0, 0.05) is 32.4 Å². The first-order valence-corrected chi connectivity index (χ1v) is 6.37. The van der Waals surface area contributed by atoms with Crippen molar-refractivity contribution in [2.24, 2.45) is 0 Å². The van der Waals surface area contributed by atoms with Gasteiger partial charge in [0.2, 0.25) is 0 Å². The largest absolute Gasteiger partial charge is 0.357 e. The summed E-state index contributed by atoms with van der Waals surface area (Å²) in [4.78, 5) is 6.55. The summed E-state index contributed by atoms with van der Waals surface area (Å²) in [6.45, 7) is 8.31. The van der Waals surface area contributed by atoms with Gasteiger partial charge < -0.3 is 10.2 Å². The predicted molar refractivity (Wildman–Crippen MR) is 73.1 cm³/mol. The number of pyridine rings is 1. The molecule has 0 aliphatic rings. The fourth-order valence-electron chi connectivity index (χ4n) is 1.42. The second-order valence-electron chi connectivity index (χ2n) is 4.30. The Morgan fingerprint density at radius 1 is 1.50 bits per heavy atom. The monoisotopic (exact) mass is 285 g/mol. The first-order chi connectivity index (χ1) is 7.52. The summed E-state index contributed by atoms with van der Waals surface area (Å²) in [6.07, 6.45) is 1.85. The zero-order valence-corrected chi connectivity index (χ0v) is 12.0. The van der Waals surface area contributed by atoms with E-state index in [0.29, 0.717) is 6.04 Å². The molecular weight excluding hydrogens is 266 g/mol. The number of nitrogens with zero attached hydrogens (tertiary/aromatic N) is 2. The maximum atomic E-state index is 4.39. The topological polar surface area (TPSA) is 28.2 Å². The van der Waals surface area contributed by atoms with Gasteiger partial charge >= 0.3 is 0 Å². The Kier molecular flexibility index (Phi) is 5.22. The van der Waals surface area contributed by atoms with E-state index in [-0.39, 0.29) is 0 Å². The summed E-state index contributed by atoms with van der Waals surface area (Å²) < 4.78 is 1.09. The van der Waals surface area contributed by atoms with Crippen LogP contribution in [-0.2, 0) is 0 Å². The minimum Gasteiger partial charge on any atom is -0.357 e. The summed E-state index contributed by atoms with van der Waals surface area (Å²) in [6, 6.07) is 2.54. The maximum Gasteiger partial charge on any atom is 0.142 e. The number of hydrogen-bond donors (Lipinski definition) is 1. The van der Waals surface area contributed by atoms with E-state index in [9.17, 15) is 0 Å². The van der Waals surface area contributed by atoms with E-state index in [0.717, 1.165) is 23.4 Å². The first kappa shape index (κ1) is 13.5. The Morgan fingerprint density at radius 3 is 2.81 bits per heavy atom. The number of likely N-dealkylation sites (N-methyl/N-ethyl adjacent to an activating group) is 1. The predicted octanol–water partition coefficient (Wildman–Crippen LogP) is 2.59. The van der Waals surface area contributed by atoms with E-state index in [2.05, 4.69) is 58.9 Å². The van der Waals surface area contributed by atoms with E-state index in [1.165, 1.54) is 5.56 Å². The van der Waals surface area contributed by atoms with Gasteiger partial charge in [-0.2, -0.15) is 0 Å². The lowest BCUT2D eigenvalue weighted by molar-refractivity contribution is 0.588. The Hall–Kier alpha value is -0.610. The Balaban J connectivity index is 2.59. The summed E-state index contributed by atoms with van der Waals surface area (Å²) in [5, 5.41) is 3.40. The van der Waals surface area contributed by atoms with Crippen molar-refractivity contribution in [3.8, 4) is 0 Å². The van der Waals surface area contributed by atoms with Gasteiger partial charge in [0.15, 0.2) is 0 Å². The lowest BCUT2D eigenvalue weighted by Crippen LogP contribution is -2.33. The van der Waals surface area contributed by atoms with Gasteiger partial charge in [-0.05, 0) is 34.5 Å². The molecule has 16 heavy (non-hydrogen) atoms. The van der Waals surface area contributed by atoms with Gasteiger partial charge in [-0.1, -0.05) is 13.8 Å². The highest BCUT2D eigenvalue weighted by molar-refractivity contribution is 9.10. The van der Waals surface area contributed by atoms with Crippen molar-refractivity contribution < 1.29 is 0 Å². The molecule has 0 saturated carbocycles. The average Bonchev–Trinajstić information content (AvgIpc) is 2.21. The molecular formula is C12H20BrN3. The molecule has 1 rings (SSSR count). The van der Waals surface area contributed by atoms with Crippen molar-refractivity contribution in [3.63, 3.8) is 0 Å². The fourth-order valence-corrected chi connectivity index (χ4v) is 1.96. The van der Waals surface area contributed by atoms with Crippen molar-refractivity contribution in [2.45, 2.75) is 26.8 Å². The maximum absolute atomic E-state index is 4.39. The molecule has 0 aromatic carbocycles. The highest BCUT2D eigenvalue weighted by Gasteiger charge is 2.08. The number of anilines is 1. The highest BCUT2D eigenvalue weighted by atomic mass is 79.9. The second kappa shape index (κ2) is 6.21. The molecule has 0 atom stereocenters. The molecule has 1 N–H and O–H groups in total. The summed E-state index contributed by atoms with van der Waals surface area (Å²) in [5.74, 6) is 1.01. The van der Waals surface area contributed by atoms with Crippen molar-refractivity contribution >= 4 is 21.7 Å². The molecule has 1 aromatic heterocycles.